The fraction of sp³-hybridized carbons (Fsp3) is 0.480. The van der Waals surface area contributed by atoms with Crippen LogP contribution < -0.4 is 20.9 Å². The van der Waals surface area contributed by atoms with Crippen LogP contribution in [-0.4, -0.2) is 47.9 Å². The Bertz CT molecular complexity index is 1130. The van der Waals surface area contributed by atoms with Gasteiger partial charge >= 0.3 is 0 Å². The quantitative estimate of drug-likeness (QED) is 0.442. The van der Waals surface area contributed by atoms with Crippen molar-refractivity contribution in [2.24, 2.45) is 0 Å². The number of pyridine rings is 1. The smallest absolute Gasteiger partial charge is 0.298 e. The van der Waals surface area contributed by atoms with Gasteiger partial charge in [0.15, 0.2) is 5.75 Å². The van der Waals surface area contributed by atoms with Crippen molar-refractivity contribution in [1.29, 1.82) is 0 Å². The minimum Gasteiger partial charge on any atom is -0.425 e. The van der Waals surface area contributed by atoms with Crippen LogP contribution in [0.25, 0.3) is 0 Å². The highest BCUT2D eigenvalue weighted by Crippen LogP contribution is 2.39. The van der Waals surface area contributed by atoms with Gasteiger partial charge in [0.05, 0.1) is 16.8 Å². The van der Waals surface area contributed by atoms with Crippen molar-refractivity contribution in [1.82, 2.24) is 15.2 Å². The number of aromatic amines is 1. The minimum atomic E-state index is -0.361. The number of carbonyl (C=O) groups excluding carboxylic acids is 2. The highest BCUT2D eigenvalue weighted by Gasteiger charge is 2.36. The molecule has 2 unspecified atom stereocenters. The molecule has 2 aromatic rings. The van der Waals surface area contributed by atoms with Crippen LogP contribution in [0.5, 0.6) is 5.75 Å². The first-order valence-electron chi connectivity index (χ1n) is 11.6. The Morgan fingerprint density at radius 3 is 2.68 bits per heavy atom. The number of aryl methyl sites for hydroxylation is 2. The summed E-state index contributed by atoms with van der Waals surface area (Å²) < 4.78 is 5.18. The van der Waals surface area contributed by atoms with E-state index in [1.54, 1.807) is 6.92 Å². The fourth-order valence-electron chi connectivity index (χ4n) is 4.69. The molecule has 0 radical (unpaired) electrons. The topological polar surface area (TPSA) is 104 Å². The molecule has 1 aliphatic heterocycles. The summed E-state index contributed by atoms with van der Waals surface area (Å²) in [6.45, 7) is 9.04. The summed E-state index contributed by atoms with van der Waals surface area (Å²) in [4.78, 5) is 41.9. The van der Waals surface area contributed by atoms with Crippen LogP contribution >= 0.6 is 11.6 Å². The molecule has 9 heteroatoms. The van der Waals surface area contributed by atoms with Crippen molar-refractivity contribution >= 4 is 29.7 Å². The Kier molecular flexibility index (Phi) is 8.38. The number of nitrogens with zero attached hydrogens (tertiary/aromatic N) is 1. The van der Waals surface area contributed by atoms with E-state index in [-0.39, 0.29) is 34.8 Å². The first kappa shape index (κ1) is 25.8. The van der Waals surface area contributed by atoms with Crippen LogP contribution in [0.3, 0.4) is 0 Å². The monoisotopic (exact) mass is 488 g/mol. The summed E-state index contributed by atoms with van der Waals surface area (Å²) in [5, 5.41) is 6.46. The lowest BCUT2D eigenvalue weighted by Gasteiger charge is -2.46. The summed E-state index contributed by atoms with van der Waals surface area (Å²) in [7, 11) is 2.05. The molecule has 1 amide bonds. The lowest BCUT2D eigenvalue weighted by atomic mass is 9.93. The Morgan fingerprint density at radius 1 is 1.32 bits per heavy atom. The molecule has 2 heterocycles. The standard InChI is InChI=1S/C25H33ClN4O4/c1-6-8-16-9-14(3)28-25(33)18(16)11-27-24(32)17-10-19(26)23(34-13-31)22(15(17)4)29-20-12-30(5)21(20)7-2/h9-10,13,20-21,29H,6-8,11-12H2,1-5H3,(H,27,32)(H,28,33). The van der Waals surface area contributed by atoms with Gasteiger partial charge in [0.1, 0.15) is 0 Å². The number of likely N-dealkylation sites (N-methyl/N-ethyl adjacent to an activating group) is 1. The van der Waals surface area contributed by atoms with Gasteiger partial charge in [-0.15, -0.1) is 0 Å². The summed E-state index contributed by atoms with van der Waals surface area (Å²) >= 11 is 6.43. The Morgan fingerprint density at radius 2 is 2.06 bits per heavy atom. The lowest BCUT2D eigenvalue weighted by Crippen LogP contribution is -2.61. The van der Waals surface area contributed by atoms with Crippen LogP contribution in [0.1, 0.15) is 59.4 Å². The highest BCUT2D eigenvalue weighted by atomic mass is 35.5. The van der Waals surface area contributed by atoms with Crippen LogP contribution in [0.2, 0.25) is 5.02 Å². The average Bonchev–Trinajstić information content (AvgIpc) is 2.77. The Hall–Kier alpha value is -2.84. The fourth-order valence-corrected chi connectivity index (χ4v) is 4.94. The van der Waals surface area contributed by atoms with Gasteiger partial charge in [-0.3, -0.25) is 19.3 Å². The number of ether oxygens (including phenoxy) is 1. The van der Waals surface area contributed by atoms with Gasteiger partial charge in [0.2, 0.25) is 0 Å². The summed E-state index contributed by atoms with van der Waals surface area (Å²) in [5.74, 6) is -0.157. The number of likely N-dealkylation sites (tertiary alicyclic amines) is 1. The number of halogens is 1. The third kappa shape index (κ3) is 5.28. The number of amides is 1. The molecule has 0 aliphatic carbocycles. The second-order valence-corrected chi connectivity index (χ2v) is 9.24. The maximum atomic E-state index is 13.2. The van der Waals surface area contributed by atoms with Crippen LogP contribution in [0, 0.1) is 13.8 Å². The number of rotatable bonds is 10. The van der Waals surface area contributed by atoms with Crippen molar-refractivity contribution in [2.75, 3.05) is 18.9 Å². The zero-order chi connectivity index (χ0) is 25.0. The predicted molar refractivity (Wildman–Crippen MR) is 134 cm³/mol. The summed E-state index contributed by atoms with van der Waals surface area (Å²) in [5.41, 5.74) is 3.57. The summed E-state index contributed by atoms with van der Waals surface area (Å²) in [6, 6.07) is 3.90. The molecule has 1 aromatic carbocycles. The molecule has 1 fully saturated rings. The second kappa shape index (κ2) is 11.1. The molecule has 34 heavy (non-hydrogen) atoms. The predicted octanol–water partition coefficient (Wildman–Crippen LogP) is 3.57. The summed E-state index contributed by atoms with van der Waals surface area (Å²) in [6.07, 6.45) is 2.60. The first-order valence-corrected chi connectivity index (χ1v) is 12.0. The average molecular weight is 489 g/mol. The number of nitrogens with one attached hydrogen (secondary N) is 3. The molecule has 3 rings (SSSR count). The van der Waals surface area contributed by atoms with E-state index in [2.05, 4.69) is 34.5 Å². The van der Waals surface area contributed by atoms with Gasteiger partial charge in [-0.25, -0.2) is 0 Å². The van der Waals surface area contributed by atoms with Crippen molar-refractivity contribution in [3.63, 3.8) is 0 Å². The number of aromatic nitrogens is 1. The number of benzene rings is 1. The SMILES string of the molecule is CCCc1cc(C)[nH]c(=O)c1CNC(=O)c1cc(Cl)c(OC=O)c(NC2CN(C)C2CC)c1C. The first-order chi connectivity index (χ1) is 16.2. The molecular formula is C25H33ClN4O4. The number of anilines is 1. The van der Waals surface area contributed by atoms with Crippen molar-refractivity contribution in [3.05, 3.63) is 55.5 Å². The number of hydrogen-bond acceptors (Lipinski definition) is 6. The van der Waals surface area contributed by atoms with Gasteiger partial charge < -0.3 is 20.4 Å². The number of carbonyl (C=O) groups is 2. The normalized spacial score (nSPS) is 17.7. The minimum absolute atomic E-state index is 0.0987. The van der Waals surface area contributed by atoms with Crippen molar-refractivity contribution in [3.8, 4) is 5.75 Å². The van der Waals surface area contributed by atoms with Gasteiger partial charge in [-0.05, 0) is 57.0 Å². The zero-order valence-electron chi connectivity index (χ0n) is 20.4. The van der Waals surface area contributed by atoms with Gasteiger partial charge in [-0.2, -0.15) is 0 Å². The molecule has 3 N–H and O–H groups in total. The van der Waals surface area contributed by atoms with Gasteiger partial charge in [0.25, 0.3) is 17.9 Å². The molecular weight excluding hydrogens is 456 g/mol. The Balaban J connectivity index is 1.90. The third-order valence-corrected chi connectivity index (χ3v) is 6.76. The van der Waals surface area contributed by atoms with Crippen LogP contribution in [0.15, 0.2) is 16.9 Å². The van der Waals surface area contributed by atoms with E-state index < -0.39 is 0 Å². The maximum Gasteiger partial charge on any atom is 0.298 e. The zero-order valence-corrected chi connectivity index (χ0v) is 21.1. The molecule has 184 valence electrons. The van der Waals surface area contributed by atoms with E-state index >= 15 is 0 Å². The van der Waals surface area contributed by atoms with E-state index in [4.69, 9.17) is 16.3 Å². The Labute approximate surface area is 205 Å². The largest absolute Gasteiger partial charge is 0.425 e. The third-order valence-electron chi connectivity index (χ3n) is 6.48. The van der Waals surface area contributed by atoms with E-state index in [9.17, 15) is 14.4 Å². The second-order valence-electron chi connectivity index (χ2n) is 8.83. The van der Waals surface area contributed by atoms with Gasteiger partial charge in [0, 0.05) is 36.0 Å². The molecule has 8 nitrogen and oxygen atoms in total. The molecule has 2 atom stereocenters. The number of hydrogen-bond donors (Lipinski definition) is 3. The van der Waals surface area contributed by atoms with Crippen LogP contribution in [0.4, 0.5) is 5.69 Å². The molecule has 0 spiro atoms. The molecule has 0 bridgehead atoms. The van der Waals surface area contributed by atoms with Crippen LogP contribution in [-0.2, 0) is 17.8 Å². The molecule has 0 saturated carbocycles. The highest BCUT2D eigenvalue weighted by molar-refractivity contribution is 6.33. The van der Waals surface area contributed by atoms with Crippen molar-refractivity contribution < 1.29 is 14.3 Å². The molecule has 1 aliphatic rings. The van der Waals surface area contributed by atoms with Crippen molar-refractivity contribution in [2.45, 2.75) is 65.6 Å². The van der Waals surface area contributed by atoms with E-state index in [1.807, 2.05) is 19.9 Å². The maximum absolute atomic E-state index is 13.2. The molecule has 1 aromatic heterocycles. The van der Waals surface area contributed by atoms with E-state index in [0.717, 1.165) is 37.1 Å². The van der Waals surface area contributed by atoms with E-state index in [1.165, 1.54) is 6.07 Å². The number of H-pyrrole nitrogens is 1. The molecule has 1 saturated heterocycles. The lowest BCUT2D eigenvalue weighted by molar-refractivity contribution is -0.120. The van der Waals surface area contributed by atoms with Gasteiger partial charge in [-0.1, -0.05) is 31.9 Å². The van der Waals surface area contributed by atoms with E-state index in [0.29, 0.717) is 34.9 Å².